The molecule has 1 saturated carbocycles. The van der Waals surface area contributed by atoms with Crippen LogP contribution >= 0.6 is 0 Å². The predicted molar refractivity (Wildman–Crippen MR) is 74.2 cm³/mol. The third kappa shape index (κ3) is 2.89. The molecule has 1 heterocycles. The molecule has 2 atom stereocenters. The van der Waals surface area contributed by atoms with Crippen molar-refractivity contribution in [1.82, 2.24) is 15.3 Å². The Morgan fingerprint density at radius 2 is 2.11 bits per heavy atom. The first-order valence-corrected chi connectivity index (χ1v) is 7.13. The highest BCUT2D eigenvalue weighted by atomic mass is 14.9. The SMILES string of the molecule is CCCNC(c1cncnc1)C1CCCC1(C)C. The topological polar surface area (TPSA) is 37.8 Å². The molecule has 0 bridgehead atoms. The van der Waals surface area contributed by atoms with Crippen LogP contribution < -0.4 is 5.32 Å². The number of hydrogen-bond acceptors (Lipinski definition) is 3. The lowest BCUT2D eigenvalue weighted by Crippen LogP contribution is -2.34. The van der Waals surface area contributed by atoms with Crippen LogP contribution in [0.15, 0.2) is 18.7 Å². The van der Waals surface area contributed by atoms with Crippen molar-refractivity contribution in [3.63, 3.8) is 0 Å². The molecule has 0 aliphatic heterocycles. The average molecular weight is 247 g/mol. The molecule has 0 saturated heterocycles. The van der Waals surface area contributed by atoms with E-state index in [1.807, 2.05) is 12.4 Å². The van der Waals surface area contributed by atoms with Gasteiger partial charge in [-0.15, -0.1) is 0 Å². The van der Waals surface area contributed by atoms with Gasteiger partial charge in [-0.1, -0.05) is 27.2 Å². The minimum Gasteiger partial charge on any atom is -0.310 e. The first kappa shape index (κ1) is 13.5. The Morgan fingerprint density at radius 3 is 2.67 bits per heavy atom. The van der Waals surface area contributed by atoms with E-state index in [1.54, 1.807) is 6.33 Å². The van der Waals surface area contributed by atoms with Gasteiger partial charge in [0.15, 0.2) is 0 Å². The maximum absolute atomic E-state index is 4.18. The first-order valence-electron chi connectivity index (χ1n) is 7.13. The van der Waals surface area contributed by atoms with Gasteiger partial charge in [0.1, 0.15) is 6.33 Å². The first-order chi connectivity index (χ1) is 8.65. The van der Waals surface area contributed by atoms with Crippen LogP contribution in [-0.2, 0) is 0 Å². The fourth-order valence-corrected chi connectivity index (χ4v) is 3.24. The lowest BCUT2D eigenvalue weighted by Gasteiger charge is -2.34. The molecule has 0 amide bonds. The fraction of sp³-hybridized carbons (Fsp3) is 0.733. The highest BCUT2D eigenvalue weighted by molar-refractivity contribution is 5.13. The van der Waals surface area contributed by atoms with Crippen molar-refractivity contribution in [2.45, 2.75) is 52.5 Å². The molecule has 18 heavy (non-hydrogen) atoms. The molecule has 1 aromatic heterocycles. The van der Waals surface area contributed by atoms with E-state index in [4.69, 9.17) is 0 Å². The zero-order chi connectivity index (χ0) is 13.0. The molecule has 2 unspecified atom stereocenters. The van der Waals surface area contributed by atoms with Gasteiger partial charge in [-0.25, -0.2) is 9.97 Å². The summed E-state index contributed by atoms with van der Waals surface area (Å²) in [5.74, 6) is 0.690. The smallest absolute Gasteiger partial charge is 0.115 e. The molecule has 2 rings (SSSR count). The van der Waals surface area contributed by atoms with E-state index in [-0.39, 0.29) is 0 Å². The van der Waals surface area contributed by atoms with Gasteiger partial charge in [-0.3, -0.25) is 0 Å². The van der Waals surface area contributed by atoms with E-state index in [9.17, 15) is 0 Å². The number of nitrogens with zero attached hydrogens (tertiary/aromatic N) is 2. The predicted octanol–water partition coefficient (Wildman–Crippen LogP) is 3.34. The van der Waals surface area contributed by atoms with E-state index in [0.29, 0.717) is 17.4 Å². The minimum atomic E-state index is 0.406. The van der Waals surface area contributed by atoms with E-state index in [1.165, 1.54) is 24.8 Å². The molecule has 0 radical (unpaired) electrons. The summed E-state index contributed by atoms with van der Waals surface area (Å²) in [5.41, 5.74) is 1.66. The number of hydrogen-bond donors (Lipinski definition) is 1. The summed E-state index contributed by atoms with van der Waals surface area (Å²) in [6.07, 6.45) is 10.7. The summed E-state index contributed by atoms with van der Waals surface area (Å²) >= 11 is 0. The Labute approximate surface area is 110 Å². The minimum absolute atomic E-state index is 0.406. The Morgan fingerprint density at radius 1 is 1.39 bits per heavy atom. The highest BCUT2D eigenvalue weighted by Gasteiger charge is 2.39. The van der Waals surface area contributed by atoms with Crippen LogP contribution in [-0.4, -0.2) is 16.5 Å². The Hall–Kier alpha value is -0.960. The van der Waals surface area contributed by atoms with Gasteiger partial charge >= 0.3 is 0 Å². The summed E-state index contributed by atoms with van der Waals surface area (Å²) in [6.45, 7) is 8.07. The van der Waals surface area contributed by atoms with Crippen LogP contribution in [0.3, 0.4) is 0 Å². The quantitative estimate of drug-likeness (QED) is 0.867. The zero-order valence-corrected chi connectivity index (χ0v) is 11.8. The van der Waals surface area contributed by atoms with Gasteiger partial charge in [0.2, 0.25) is 0 Å². The van der Waals surface area contributed by atoms with E-state index in [0.717, 1.165) is 13.0 Å². The fourth-order valence-electron chi connectivity index (χ4n) is 3.24. The molecule has 3 nitrogen and oxygen atoms in total. The molecular weight excluding hydrogens is 222 g/mol. The number of nitrogens with one attached hydrogen (secondary N) is 1. The van der Waals surface area contributed by atoms with Gasteiger partial charge in [0.05, 0.1) is 0 Å². The lowest BCUT2D eigenvalue weighted by atomic mass is 9.76. The summed E-state index contributed by atoms with van der Waals surface area (Å²) in [7, 11) is 0. The Kier molecular flexibility index (Phi) is 4.33. The van der Waals surface area contributed by atoms with Gasteiger partial charge in [-0.2, -0.15) is 0 Å². The summed E-state index contributed by atoms with van der Waals surface area (Å²) < 4.78 is 0. The van der Waals surface area contributed by atoms with Crippen molar-refractivity contribution < 1.29 is 0 Å². The molecule has 0 aromatic carbocycles. The molecule has 3 heteroatoms. The van der Waals surface area contributed by atoms with Crippen molar-refractivity contribution in [3.8, 4) is 0 Å². The van der Waals surface area contributed by atoms with Crippen LogP contribution in [0.2, 0.25) is 0 Å². The van der Waals surface area contributed by atoms with E-state index in [2.05, 4.69) is 36.1 Å². The lowest BCUT2D eigenvalue weighted by molar-refractivity contribution is 0.197. The van der Waals surface area contributed by atoms with Crippen molar-refractivity contribution in [2.24, 2.45) is 11.3 Å². The summed E-state index contributed by atoms with van der Waals surface area (Å²) in [4.78, 5) is 8.36. The maximum Gasteiger partial charge on any atom is 0.115 e. The van der Waals surface area contributed by atoms with Gasteiger partial charge < -0.3 is 5.32 Å². The highest BCUT2D eigenvalue weighted by Crippen LogP contribution is 2.48. The normalized spacial score (nSPS) is 24.1. The second-order valence-corrected chi connectivity index (χ2v) is 6.09. The van der Waals surface area contributed by atoms with Gasteiger partial charge in [-0.05, 0) is 37.1 Å². The van der Waals surface area contributed by atoms with Crippen molar-refractivity contribution in [2.75, 3.05) is 6.54 Å². The van der Waals surface area contributed by atoms with Crippen LogP contribution in [0.25, 0.3) is 0 Å². The standard InChI is InChI=1S/C15H25N3/c1-4-8-18-14(12-9-16-11-17-10-12)13-6-5-7-15(13,2)3/h9-11,13-14,18H,4-8H2,1-3H3. The summed E-state index contributed by atoms with van der Waals surface area (Å²) in [5, 5.41) is 3.70. The second kappa shape index (κ2) is 5.79. The van der Waals surface area contributed by atoms with E-state index < -0.39 is 0 Å². The molecule has 100 valence electrons. The second-order valence-electron chi connectivity index (χ2n) is 6.09. The third-order valence-corrected chi connectivity index (χ3v) is 4.30. The monoisotopic (exact) mass is 247 g/mol. The van der Waals surface area contributed by atoms with Crippen LogP contribution in [0.1, 0.15) is 58.1 Å². The molecule has 1 N–H and O–H groups in total. The van der Waals surface area contributed by atoms with Gasteiger partial charge in [0.25, 0.3) is 0 Å². The zero-order valence-electron chi connectivity index (χ0n) is 11.8. The summed E-state index contributed by atoms with van der Waals surface area (Å²) in [6, 6.07) is 0.406. The molecule has 0 spiro atoms. The largest absolute Gasteiger partial charge is 0.310 e. The number of rotatable bonds is 5. The molecule has 1 aliphatic carbocycles. The molecule has 1 aromatic rings. The van der Waals surface area contributed by atoms with E-state index >= 15 is 0 Å². The maximum atomic E-state index is 4.18. The van der Waals surface area contributed by atoms with Crippen LogP contribution in [0, 0.1) is 11.3 Å². The number of aromatic nitrogens is 2. The molecule has 1 aliphatic rings. The Balaban J connectivity index is 2.20. The third-order valence-electron chi connectivity index (χ3n) is 4.30. The molecule has 1 fully saturated rings. The van der Waals surface area contributed by atoms with Crippen LogP contribution in [0.5, 0.6) is 0 Å². The Bertz CT molecular complexity index is 361. The van der Waals surface area contributed by atoms with Crippen LogP contribution in [0.4, 0.5) is 0 Å². The molecular formula is C15H25N3. The average Bonchev–Trinajstić information content (AvgIpc) is 2.71. The van der Waals surface area contributed by atoms with Crippen molar-refractivity contribution >= 4 is 0 Å². The van der Waals surface area contributed by atoms with Crippen molar-refractivity contribution in [3.05, 3.63) is 24.3 Å². The van der Waals surface area contributed by atoms with Gasteiger partial charge in [0, 0.05) is 24.0 Å². The van der Waals surface area contributed by atoms with Crippen molar-refractivity contribution in [1.29, 1.82) is 0 Å².